The number of benzene rings is 1. The van der Waals surface area contributed by atoms with Gasteiger partial charge in [-0.05, 0) is 40.0 Å². The Morgan fingerprint density at radius 3 is 2.59 bits per heavy atom. The predicted octanol–water partition coefficient (Wildman–Crippen LogP) is 2.84. The zero-order valence-electron chi connectivity index (χ0n) is 9.57. The third-order valence-electron chi connectivity index (χ3n) is 2.34. The number of nitrogens with zero attached hydrogens (tertiary/aromatic N) is 1. The van der Waals surface area contributed by atoms with Gasteiger partial charge in [0.15, 0.2) is 0 Å². The number of anilines is 1. The van der Waals surface area contributed by atoms with Gasteiger partial charge in [0.2, 0.25) is 0 Å². The second kappa shape index (κ2) is 5.69. The van der Waals surface area contributed by atoms with Crippen molar-refractivity contribution in [2.75, 3.05) is 5.32 Å². The molecule has 0 saturated heterocycles. The summed E-state index contributed by atoms with van der Waals surface area (Å²) in [5.74, 6) is -0.925. The summed E-state index contributed by atoms with van der Waals surface area (Å²) >= 11 is 3.31. The zero-order valence-corrected chi connectivity index (χ0v) is 11.2. The lowest BCUT2D eigenvalue weighted by Gasteiger charge is -2.20. The number of nitriles is 1. The van der Waals surface area contributed by atoms with Crippen LogP contribution in [-0.4, -0.2) is 17.1 Å². The molecule has 1 aromatic carbocycles. The van der Waals surface area contributed by atoms with E-state index in [-0.39, 0.29) is 5.92 Å². The van der Waals surface area contributed by atoms with Crippen LogP contribution in [0.2, 0.25) is 0 Å². The van der Waals surface area contributed by atoms with Crippen LogP contribution >= 0.6 is 15.9 Å². The smallest absolute Gasteiger partial charge is 0.326 e. The normalized spacial score (nSPS) is 11.9. The molecule has 0 amide bonds. The van der Waals surface area contributed by atoms with E-state index in [4.69, 9.17) is 10.4 Å². The molecule has 5 heteroatoms. The van der Waals surface area contributed by atoms with Gasteiger partial charge >= 0.3 is 5.97 Å². The van der Waals surface area contributed by atoms with Crippen molar-refractivity contribution in [2.24, 2.45) is 5.92 Å². The number of aliphatic carboxylic acids is 1. The van der Waals surface area contributed by atoms with Crippen LogP contribution < -0.4 is 5.32 Å². The van der Waals surface area contributed by atoms with Crippen LogP contribution in [0.5, 0.6) is 0 Å². The Kier molecular flexibility index (Phi) is 4.53. The van der Waals surface area contributed by atoms with Crippen LogP contribution in [0.15, 0.2) is 22.7 Å². The van der Waals surface area contributed by atoms with Gasteiger partial charge in [0.25, 0.3) is 0 Å². The molecule has 0 saturated carbocycles. The standard InChI is InChI=1S/C12H13BrN2O2/c1-7(2)11(12(16)17)15-10-4-3-8(6-14)5-9(10)13/h3-5,7,11,15H,1-2H3,(H,16,17)/t11-/m1/s1. The molecule has 4 nitrogen and oxygen atoms in total. The summed E-state index contributed by atoms with van der Waals surface area (Å²) in [5.41, 5.74) is 1.20. The number of hydrogen-bond acceptors (Lipinski definition) is 3. The van der Waals surface area contributed by atoms with Gasteiger partial charge in [-0.25, -0.2) is 4.79 Å². The van der Waals surface area contributed by atoms with Crippen molar-refractivity contribution in [3.63, 3.8) is 0 Å². The molecule has 0 spiro atoms. The molecule has 2 N–H and O–H groups in total. The quantitative estimate of drug-likeness (QED) is 0.896. The van der Waals surface area contributed by atoms with E-state index in [0.29, 0.717) is 15.7 Å². The van der Waals surface area contributed by atoms with E-state index in [2.05, 4.69) is 21.2 Å². The number of carboxylic acids is 1. The van der Waals surface area contributed by atoms with Gasteiger partial charge in [0.1, 0.15) is 6.04 Å². The maximum atomic E-state index is 11.0. The lowest BCUT2D eigenvalue weighted by Crippen LogP contribution is -2.34. The molecule has 1 aromatic rings. The molecule has 1 atom stereocenters. The number of carboxylic acid groups (broad SMARTS) is 1. The molecule has 17 heavy (non-hydrogen) atoms. The first-order valence-electron chi connectivity index (χ1n) is 5.14. The molecule has 0 aromatic heterocycles. The minimum atomic E-state index is -0.892. The van der Waals surface area contributed by atoms with Crippen LogP contribution in [0, 0.1) is 17.2 Å². The highest BCUT2D eigenvalue weighted by atomic mass is 79.9. The van der Waals surface area contributed by atoms with E-state index >= 15 is 0 Å². The molecule has 90 valence electrons. The summed E-state index contributed by atoms with van der Waals surface area (Å²) in [7, 11) is 0. The monoisotopic (exact) mass is 296 g/mol. The first kappa shape index (κ1) is 13.5. The highest BCUT2D eigenvalue weighted by Gasteiger charge is 2.21. The molecular weight excluding hydrogens is 284 g/mol. The second-order valence-corrected chi connectivity index (χ2v) is 4.87. The summed E-state index contributed by atoms with van der Waals surface area (Å²) in [5, 5.41) is 20.7. The zero-order chi connectivity index (χ0) is 13.0. The second-order valence-electron chi connectivity index (χ2n) is 4.01. The number of carbonyl (C=O) groups is 1. The number of hydrogen-bond donors (Lipinski definition) is 2. The molecule has 0 aliphatic rings. The lowest BCUT2D eigenvalue weighted by atomic mass is 10.0. The maximum Gasteiger partial charge on any atom is 0.326 e. The van der Waals surface area contributed by atoms with E-state index in [9.17, 15) is 4.79 Å². The number of rotatable bonds is 4. The van der Waals surface area contributed by atoms with E-state index < -0.39 is 12.0 Å². The lowest BCUT2D eigenvalue weighted by molar-refractivity contribution is -0.138. The fraction of sp³-hybridized carbons (Fsp3) is 0.333. The van der Waals surface area contributed by atoms with E-state index in [1.807, 2.05) is 19.9 Å². The Morgan fingerprint density at radius 1 is 1.53 bits per heavy atom. The minimum absolute atomic E-state index is 0.0324. The van der Waals surface area contributed by atoms with Gasteiger partial charge in [-0.2, -0.15) is 5.26 Å². The summed E-state index contributed by atoms with van der Waals surface area (Å²) in [6.45, 7) is 3.67. The fourth-order valence-electron chi connectivity index (χ4n) is 1.38. The third-order valence-corrected chi connectivity index (χ3v) is 3.00. The average molecular weight is 297 g/mol. The van der Waals surface area contributed by atoms with Crippen LogP contribution in [0.25, 0.3) is 0 Å². The summed E-state index contributed by atoms with van der Waals surface area (Å²) in [6.07, 6.45) is 0. The topological polar surface area (TPSA) is 73.1 Å². The first-order chi connectivity index (χ1) is 7.95. The molecule has 0 aliphatic heterocycles. The number of halogens is 1. The van der Waals surface area contributed by atoms with Crippen molar-refractivity contribution in [2.45, 2.75) is 19.9 Å². The van der Waals surface area contributed by atoms with Crippen LogP contribution in [0.3, 0.4) is 0 Å². The molecule has 0 radical (unpaired) electrons. The first-order valence-corrected chi connectivity index (χ1v) is 5.94. The largest absolute Gasteiger partial charge is 0.480 e. The number of nitrogens with one attached hydrogen (secondary N) is 1. The van der Waals surface area contributed by atoms with Gasteiger partial charge in [-0.15, -0.1) is 0 Å². The fourth-order valence-corrected chi connectivity index (χ4v) is 1.88. The van der Waals surface area contributed by atoms with Crippen molar-refractivity contribution < 1.29 is 9.90 Å². The highest BCUT2D eigenvalue weighted by Crippen LogP contribution is 2.25. The highest BCUT2D eigenvalue weighted by molar-refractivity contribution is 9.10. The van der Waals surface area contributed by atoms with E-state index in [1.54, 1.807) is 18.2 Å². The Morgan fingerprint density at radius 2 is 2.18 bits per heavy atom. The molecule has 0 aliphatic carbocycles. The van der Waals surface area contributed by atoms with Crippen molar-refractivity contribution in [1.29, 1.82) is 5.26 Å². The van der Waals surface area contributed by atoms with Gasteiger partial charge in [0.05, 0.1) is 11.6 Å². The minimum Gasteiger partial charge on any atom is -0.480 e. The molecule has 0 unspecified atom stereocenters. The summed E-state index contributed by atoms with van der Waals surface area (Å²) in [4.78, 5) is 11.0. The van der Waals surface area contributed by atoms with Crippen LogP contribution in [-0.2, 0) is 4.79 Å². The third kappa shape index (κ3) is 3.46. The van der Waals surface area contributed by atoms with E-state index in [1.165, 1.54) is 0 Å². The Labute approximate surface area is 108 Å². The summed E-state index contributed by atoms with van der Waals surface area (Å²) < 4.78 is 0.684. The van der Waals surface area contributed by atoms with Crippen molar-refractivity contribution in [1.82, 2.24) is 0 Å². The molecule has 0 heterocycles. The summed E-state index contributed by atoms with van der Waals surface area (Å²) in [6, 6.07) is 6.36. The molecule has 1 rings (SSSR count). The Bertz CT molecular complexity index is 466. The van der Waals surface area contributed by atoms with Gasteiger partial charge in [-0.3, -0.25) is 0 Å². The maximum absolute atomic E-state index is 11.0. The average Bonchev–Trinajstić information content (AvgIpc) is 2.26. The van der Waals surface area contributed by atoms with Crippen molar-refractivity contribution >= 4 is 27.6 Å². The Hall–Kier alpha value is -1.54. The van der Waals surface area contributed by atoms with Gasteiger partial charge in [-0.1, -0.05) is 13.8 Å². The van der Waals surface area contributed by atoms with E-state index in [0.717, 1.165) is 0 Å². The van der Waals surface area contributed by atoms with Gasteiger partial charge in [0, 0.05) is 10.2 Å². The van der Waals surface area contributed by atoms with Crippen LogP contribution in [0.4, 0.5) is 5.69 Å². The predicted molar refractivity (Wildman–Crippen MR) is 68.7 cm³/mol. The molecular formula is C12H13BrN2O2. The molecule has 0 bridgehead atoms. The molecule has 0 fully saturated rings. The van der Waals surface area contributed by atoms with Crippen LogP contribution in [0.1, 0.15) is 19.4 Å². The van der Waals surface area contributed by atoms with Crippen molar-refractivity contribution in [3.05, 3.63) is 28.2 Å². The van der Waals surface area contributed by atoms with Gasteiger partial charge < -0.3 is 10.4 Å². The SMILES string of the molecule is CC(C)[C@@H](Nc1ccc(C#N)cc1Br)C(=O)O. The van der Waals surface area contributed by atoms with Crippen molar-refractivity contribution in [3.8, 4) is 6.07 Å². The Balaban J connectivity index is 2.95.